The summed E-state index contributed by atoms with van der Waals surface area (Å²) in [5.74, 6) is 0.669. The maximum Gasteiger partial charge on any atom is 0.142 e. The lowest BCUT2D eigenvalue weighted by Gasteiger charge is -2.10. The van der Waals surface area contributed by atoms with Crippen molar-refractivity contribution >= 4 is 5.69 Å². The van der Waals surface area contributed by atoms with Gasteiger partial charge in [-0.05, 0) is 26.2 Å². The van der Waals surface area contributed by atoms with Crippen LogP contribution < -0.4 is 10.5 Å². The lowest BCUT2D eigenvalue weighted by Crippen LogP contribution is -2.19. The van der Waals surface area contributed by atoms with Crippen molar-refractivity contribution in [1.82, 2.24) is 4.90 Å². The molecule has 2 N–H and O–H groups in total. The minimum Gasteiger partial charge on any atom is -0.489 e. The molecule has 1 aromatic carbocycles. The maximum absolute atomic E-state index is 5.82. The molecule has 0 aliphatic carbocycles. The van der Waals surface area contributed by atoms with Gasteiger partial charge in [0, 0.05) is 6.54 Å². The summed E-state index contributed by atoms with van der Waals surface area (Å²) >= 11 is 0. The highest BCUT2D eigenvalue weighted by molar-refractivity contribution is 5.51. The van der Waals surface area contributed by atoms with Gasteiger partial charge in [-0.25, -0.2) is 0 Å². The summed E-state index contributed by atoms with van der Waals surface area (Å²) in [4.78, 5) is 2.08. The van der Waals surface area contributed by atoms with E-state index in [-0.39, 0.29) is 0 Å². The summed E-state index contributed by atoms with van der Waals surface area (Å²) < 4.78 is 65.8. The molecule has 0 aliphatic heterocycles. The molecule has 0 saturated carbocycles. The SMILES string of the molecule is CN(C)CCOCCOCCOCCOCCOCCOCCOCCOCCOCCOCCOCCOc1ccccc1N. The summed E-state index contributed by atoms with van der Waals surface area (Å²) in [5.41, 5.74) is 6.44. The Morgan fingerprint density at radius 1 is 0.391 bits per heavy atom. The number of anilines is 1. The Balaban J connectivity index is 1.63. The molecular formula is C32H60N2O12. The Kier molecular flexibility index (Phi) is 31.9. The molecule has 0 heterocycles. The van der Waals surface area contributed by atoms with E-state index in [1.165, 1.54) is 0 Å². The Labute approximate surface area is 275 Å². The molecule has 270 valence electrons. The monoisotopic (exact) mass is 664 g/mol. The van der Waals surface area contributed by atoms with Crippen LogP contribution in [0.1, 0.15) is 0 Å². The zero-order chi connectivity index (χ0) is 33.0. The second-order valence-corrected chi connectivity index (χ2v) is 9.93. The number of ether oxygens (including phenoxy) is 12. The predicted molar refractivity (Wildman–Crippen MR) is 174 cm³/mol. The van der Waals surface area contributed by atoms with E-state index in [0.717, 1.165) is 6.54 Å². The largest absolute Gasteiger partial charge is 0.489 e. The first-order chi connectivity index (χ1) is 22.7. The molecule has 0 amide bonds. The highest BCUT2D eigenvalue weighted by Gasteiger charge is 1.99. The fourth-order valence-corrected chi connectivity index (χ4v) is 3.37. The van der Waals surface area contributed by atoms with E-state index in [1.807, 2.05) is 32.3 Å². The summed E-state index contributed by atoms with van der Waals surface area (Å²) in [6, 6.07) is 7.38. The normalized spacial score (nSPS) is 11.5. The van der Waals surface area contributed by atoms with Gasteiger partial charge in [-0.15, -0.1) is 0 Å². The molecule has 0 aromatic heterocycles. The smallest absolute Gasteiger partial charge is 0.142 e. The Hall–Kier alpha value is -1.66. The standard InChI is InChI=1S/C32H60N2O12/c1-34(2)7-8-35-9-10-36-11-12-37-13-14-38-15-16-39-17-18-40-19-20-41-21-22-42-23-24-43-25-26-44-27-28-45-29-30-46-32-6-4-3-5-31(32)33/h3-6H,7-30,33H2,1-2H3. The Bertz CT molecular complexity index is 751. The van der Waals surface area contributed by atoms with Crippen molar-refractivity contribution in [1.29, 1.82) is 0 Å². The van der Waals surface area contributed by atoms with E-state index in [4.69, 9.17) is 62.6 Å². The van der Waals surface area contributed by atoms with Crippen molar-refractivity contribution < 1.29 is 56.8 Å². The molecule has 14 heteroatoms. The van der Waals surface area contributed by atoms with Gasteiger partial charge in [-0.2, -0.15) is 0 Å². The van der Waals surface area contributed by atoms with Crippen molar-refractivity contribution in [2.75, 3.05) is 178 Å². The minimum atomic E-state index is 0.439. The van der Waals surface area contributed by atoms with Crippen LogP contribution in [0.15, 0.2) is 24.3 Å². The second kappa shape index (κ2) is 34.7. The van der Waals surface area contributed by atoms with Crippen LogP contribution in [0.2, 0.25) is 0 Å². The van der Waals surface area contributed by atoms with Crippen LogP contribution in [0, 0.1) is 0 Å². The van der Waals surface area contributed by atoms with Crippen LogP contribution in [-0.4, -0.2) is 177 Å². The lowest BCUT2D eigenvalue weighted by atomic mass is 10.3. The van der Waals surface area contributed by atoms with Crippen molar-refractivity contribution in [2.24, 2.45) is 0 Å². The number of nitrogens with zero attached hydrogens (tertiary/aromatic N) is 1. The topological polar surface area (TPSA) is 140 Å². The third-order valence-electron chi connectivity index (χ3n) is 5.81. The van der Waals surface area contributed by atoms with Gasteiger partial charge < -0.3 is 67.5 Å². The fourth-order valence-electron chi connectivity index (χ4n) is 3.37. The Morgan fingerprint density at radius 3 is 0.935 bits per heavy atom. The first-order valence-corrected chi connectivity index (χ1v) is 16.2. The zero-order valence-electron chi connectivity index (χ0n) is 28.2. The molecule has 0 bridgehead atoms. The van der Waals surface area contributed by atoms with E-state index in [0.29, 0.717) is 163 Å². The quantitative estimate of drug-likeness (QED) is 0.0809. The van der Waals surface area contributed by atoms with Gasteiger partial charge in [0.05, 0.1) is 151 Å². The van der Waals surface area contributed by atoms with Gasteiger partial charge in [-0.1, -0.05) is 12.1 Å². The van der Waals surface area contributed by atoms with Crippen molar-refractivity contribution in [3.05, 3.63) is 24.3 Å². The number of likely N-dealkylation sites (N-methyl/N-ethyl adjacent to an activating group) is 1. The van der Waals surface area contributed by atoms with Crippen LogP contribution >= 0.6 is 0 Å². The lowest BCUT2D eigenvalue weighted by molar-refractivity contribution is -0.0278. The Morgan fingerprint density at radius 2 is 0.652 bits per heavy atom. The van der Waals surface area contributed by atoms with Crippen LogP contribution in [-0.2, 0) is 52.1 Å². The molecule has 0 spiro atoms. The third-order valence-corrected chi connectivity index (χ3v) is 5.81. The average molecular weight is 665 g/mol. The van der Waals surface area contributed by atoms with Crippen molar-refractivity contribution in [3.8, 4) is 5.75 Å². The zero-order valence-corrected chi connectivity index (χ0v) is 28.2. The predicted octanol–water partition coefficient (Wildman–Crippen LogP) is 1.39. The van der Waals surface area contributed by atoms with E-state index < -0.39 is 0 Å². The first kappa shape index (κ1) is 42.4. The molecule has 0 fully saturated rings. The van der Waals surface area contributed by atoms with E-state index in [1.54, 1.807) is 6.07 Å². The summed E-state index contributed by atoms with van der Waals surface area (Å²) in [6.07, 6.45) is 0. The number of hydrogen-bond donors (Lipinski definition) is 1. The number of hydrogen-bond acceptors (Lipinski definition) is 14. The van der Waals surface area contributed by atoms with Crippen LogP contribution in [0.3, 0.4) is 0 Å². The minimum absolute atomic E-state index is 0.439. The molecule has 14 nitrogen and oxygen atoms in total. The van der Waals surface area contributed by atoms with Gasteiger partial charge >= 0.3 is 0 Å². The van der Waals surface area contributed by atoms with Gasteiger partial charge in [0.2, 0.25) is 0 Å². The average Bonchev–Trinajstić information content (AvgIpc) is 3.05. The first-order valence-electron chi connectivity index (χ1n) is 16.2. The number of nitrogens with two attached hydrogens (primary N) is 1. The van der Waals surface area contributed by atoms with Crippen molar-refractivity contribution in [3.63, 3.8) is 0 Å². The number of rotatable bonds is 37. The van der Waals surface area contributed by atoms with Crippen LogP contribution in [0.5, 0.6) is 5.75 Å². The molecule has 46 heavy (non-hydrogen) atoms. The van der Waals surface area contributed by atoms with Gasteiger partial charge in [0.1, 0.15) is 12.4 Å². The molecule has 0 atom stereocenters. The molecule has 0 saturated heterocycles. The van der Waals surface area contributed by atoms with Gasteiger partial charge in [0.25, 0.3) is 0 Å². The fraction of sp³-hybridized carbons (Fsp3) is 0.812. The van der Waals surface area contributed by atoms with Gasteiger partial charge in [-0.3, -0.25) is 0 Å². The highest BCUT2D eigenvalue weighted by atomic mass is 16.6. The number of nitrogen functional groups attached to an aromatic ring is 1. The van der Waals surface area contributed by atoms with Crippen molar-refractivity contribution in [2.45, 2.75) is 0 Å². The summed E-state index contributed by atoms with van der Waals surface area (Å²) in [7, 11) is 4.04. The van der Waals surface area contributed by atoms with Gasteiger partial charge in [0.15, 0.2) is 0 Å². The van der Waals surface area contributed by atoms with Crippen LogP contribution in [0.4, 0.5) is 5.69 Å². The molecule has 1 aromatic rings. The molecule has 0 radical (unpaired) electrons. The molecule has 0 aliphatic rings. The van der Waals surface area contributed by atoms with E-state index in [2.05, 4.69) is 4.90 Å². The van der Waals surface area contributed by atoms with E-state index >= 15 is 0 Å². The third kappa shape index (κ3) is 31.0. The maximum atomic E-state index is 5.82. The second-order valence-electron chi connectivity index (χ2n) is 9.93. The van der Waals surface area contributed by atoms with E-state index in [9.17, 15) is 0 Å². The van der Waals surface area contributed by atoms with Crippen LogP contribution in [0.25, 0.3) is 0 Å². The summed E-state index contributed by atoms with van der Waals surface area (Å²) in [6.45, 7) is 13.0. The molecular weight excluding hydrogens is 604 g/mol. The molecule has 0 unspecified atom stereocenters. The highest BCUT2D eigenvalue weighted by Crippen LogP contribution is 2.19. The number of benzene rings is 1. The molecule has 1 rings (SSSR count). The summed E-state index contributed by atoms with van der Waals surface area (Å²) in [5, 5.41) is 0. The number of para-hydroxylation sites is 2.